The number of rotatable bonds is 3. The van der Waals surface area contributed by atoms with Crippen LogP contribution in [-0.4, -0.2) is 35.1 Å². The summed E-state index contributed by atoms with van der Waals surface area (Å²) in [5.41, 5.74) is 0.666. The van der Waals surface area contributed by atoms with Crippen molar-refractivity contribution in [3.05, 3.63) is 29.3 Å². The first-order valence-corrected chi connectivity index (χ1v) is 6.40. The molecule has 106 valence electrons. The molecule has 1 unspecified atom stereocenters. The molecule has 0 saturated carbocycles. The Morgan fingerprint density at radius 2 is 2.15 bits per heavy atom. The minimum Gasteiger partial charge on any atom is -0.534 e. The number of hydrogen-bond donors (Lipinski definition) is 3. The van der Waals surface area contributed by atoms with Gasteiger partial charge in [-0.05, 0) is 18.1 Å². The maximum Gasteiger partial charge on any atom is 0.547 e. The molecule has 0 radical (unpaired) electrons. The zero-order valence-electron chi connectivity index (χ0n) is 11.3. The summed E-state index contributed by atoms with van der Waals surface area (Å²) < 4.78 is 5.28. The Hall–Kier alpha value is -2.02. The van der Waals surface area contributed by atoms with Crippen molar-refractivity contribution in [1.82, 2.24) is 5.32 Å². The fourth-order valence-electron chi connectivity index (χ4n) is 2.07. The van der Waals surface area contributed by atoms with Gasteiger partial charge in [-0.2, -0.15) is 0 Å². The summed E-state index contributed by atoms with van der Waals surface area (Å²) in [5.74, 6) is -1.91. The first kappa shape index (κ1) is 14.4. The van der Waals surface area contributed by atoms with E-state index in [2.05, 4.69) is 5.32 Å². The van der Waals surface area contributed by atoms with Crippen molar-refractivity contribution < 1.29 is 24.4 Å². The van der Waals surface area contributed by atoms with Crippen molar-refractivity contribution in [1.29, 1.82) is 0 Å². The lowest BCUT2D eigenvalue weighted by Gasteiger charge is -2.29. The van der Waals surface area contributed by atoms with E-state index in [4.69, 9.17) is 9.76 Å². The van der Waals surface area contributed by atoms with Gasteiger partial charge in [0, 0.05) is 5.92 Å². The summed E-state index contributed by atoms with van der Waals surface area (Å²) in [4.78, 5) is 22.8. The summed E-state index contributed by atoms with van der Waals surface area (Å²) >= 11 is 0. The van der Waals surface area contributed by atoms with E-state index in [0.717, 1.165) is 0 Å². The molecule has 0 fully saturated rings. The Labute approximate surface area is 116 Å². The van der Waals surface area contributed by atoms with Gasteiger partial charge in [-0.1, -0.05) is 26.0 Å². The molecule has 1 atom stereocenters. The second-order valence-electron chi connectivity index (χ2n) is 5.08. The van der Waals surface area contributed by atoms with Gasteiger partial charge >= 0.3 is 13.1 Å². The molecule has 0 aromatic heterocycles. The van der Waals surface area contributed by atoms with Crippen LogP contribution in [-0.2, 0) is 11.2 Å². The number of carbonyl (C=O) groups is 2. The molecule has 0 spiro atoms. The van der Waals surface area contributed by atoms with Crippen LogP contribution in [0, 0.1) is 5.92 Å². The minimum atomic E-state index is -1.26. The molecule has 20 heavy (non-hydrogen) atoms. The summed E-state index contributed by atoms with van der Waals surface area (Å²) in [6.07, 6.45) is 0.329. The standard InChI is InChI=1S/C13H16BNO5/c1-7(2)12(16)15-10-6-8-4-3-5-9(13(17)18)11(8)20-14(10)19/h3-5,7,10,19H,6H2,1-2H3,(H,15,16)(H,17,18). The highest BCUT2D eigenvalue weighted by molar-refractivity contribution is 6.47. The molecule has 7 heteroatoms. The molecule has 0 bridgehead atoms. The monoisotopic (exact) mass is 277 g/mol. The number of amides is 1. The van der Waals surface area contributed by atoms with Gasteiger partial charge in [0.1, 0.15) is 5.75 Å². The fraction of sp³-hybridized carbons (Fsp3) is 0.385. The molecule has 0 saturated heterocycles. The summed E-state index contributed by atoms with van der Waals surface area (Å²) in [6, 6.07) is 4.76. The molecule has 1 aliphatic heterocycles. The summed E-state index contributed by atoms with van der Waals surface area (Å²) in [6.45, 7) is 3.50. The van der Waals surface area contributed by atoms with Crippen LogP contribution in [0.5, 0.6) is 5.75 Å². The first-order valence-electron chi connectivity index (χ1n) is 6.40. The van der Waals surface area contributed by atoms with E-state index in [-0.39, 0.29) is 23.1 Å². The number of para-hydroxylation sites is 1. The molecule has 2 rings (SSSR count). The average Bonchev–Trinajstić information content (AvgIpc) is 2.38. The van der Waals surface area contributed by atoms with Crippen molar-refractivity contribution in [2.75, 3.05) is 0 Å². The zero-order chi connectivity index (χ0) is 14.9. The molecular weight excluding hydrogens is 261 g/mol. The van der Waals surface area contributed by atoms with Crippen LogP contribution in [0.2, 0.25) is 0 Å². The zero-order valence-corrected chi connectivity index (χ0v) is 11.3. The van der Waals surface area contributed by atoms with Gasteiger partial charge in [-0.3, -0.25) is 4.79 Å². The van der Waals surface area contributed by atoms with Gasteiger partial charge < -0.3 is 20.1 Å². The Balaban J connectivity index is 2.24. The van der Waals surface area contributed by atoms with E-state index in [1.165, 1.54) is 6.07 Å². The van der Waals surface area contributed by atoms with Crippen molar-refractivity contribution in [2.45, 2.75) is 26.2 Å². The number of fused-ring (bicyclic) bond motifs is 1. The quantitative estimate of drug-likeness (QED) is 0.698. The number of carboxylic acid groups (broad SMARTS) is 1. The molecule has 3 N–H and O–H groups in total. The van der Waals surface area contributed by atoms with Gasteiger partial charge in [0.15, 0.2) is 0 Å². The lowest BCUT2D eigenvalue weighted by molar-refractivity contribution is -0.124. The Morgan fingerprint density at radius 3 is 2.75 bits per heavy atom. The lowest BCUT2D eigenvalue weighted by Crippen LogP contribution is -2.54. The summed E-state index contributed by atoms with van der Waals surface area (Å²) in [7, 11) is -1.26. The SMILES string of the molecule is CC(C)C(=O)NC1Cc2cccc(C(=O)O)c2OB1O. The van der Waals surface area contributed by atoms with Crippen molar-refractivity contribution in [3.63, 3.8) is 0 Å². The van der Waals surface area contributed by atoms with Gasteiger partial charge in [0.25, 0.3) is 0 Å². The number of aromatic carboxylic acids is 1. The van der Waals surface area contributed by atoms with Crippen LogP contribution in [0.3, 0.4) is 0 Å². The smallest absolute Gasteiger partial charge is 0.534 e. The van der Waals surface area contributed by atoms with Crippen LogP contribution < -0.4 is 9.97 Å². The Bertz CT molecular complexity index is 546. The van der Waals surface area contributed by atoms with E-state index >= 15 is 0 Å². The third kappa shape index (κ3) is 2.77. The van der Waals surface area contributed by atoms with E-state index < -0.39 is 19.0 Å². The third-order valence-electron chi connectivity index (χ3n) is 3.20. The average molecular weight is 277 g/mol. The van der Waals surface area contributed by atoms with E-state index in [0.29, 0.717) is 12.0 Å². The molecule has 1 heterocycles. The topological polar surface area (TPSA) is 95.9 Å². The number of carbonyl (C=O) groups excluding carboxylic acids is 1. The third-order valence-corrected chi connectivity index (χ3v) is 3.20. The number of hydrogen-bond acceptors (Lipinski definition) is 4. The fourth-order valence-corrected chi connectivity index (χ4v) is 2.07. The highest BCUT2D eigenvalue weighted by Gasteiger charge is 2.37. The second-order valence-corrected chi connectivity index (χ2v) is 5.08. The molecular formula is C13H16BNO5. The van der Waals surface area contributed by atoms with Gasteiger partial charge in [-0.25, -0.2) is 4.79 Å². The Morgan fingerprint density at radius 1 is 1.45 bits per heavy atom. The number of benzene rings is 1. The van der Waals surface area contributed by atoms with E-state index in [9.17, 15) is 14.6 Å². The minimum absolute atomic E-state index is 0.00943. The predicted molar refractivity (Wildman–Crippen MR) is 72.5 cm³/mol. The van der Waals surface area contributed by atoms with Crippen LogP contribution in [0.15, 0.2) is 18.2 Å². The van der Waals surface area contributed by atoms with Crippen LogP contribution in [0.4, 0.5) is 0 Å². The van der Waals surface area contributed by atoms with Crippen LogP contribution in [0.1, 0.15) is 29.8 Å². The van der Waals surface area contributed by atoms with Crippen molar-refractivity contribution in [3.8, 4) is 5.75 Å². The van der Waals surface area contributed by atoms with Crippen LogP contribution >= 0.6 is 0 Å². The normalized spacial score (nSPS) is 17.4. The highest BCUT2D eigenvalue weighted by Crippen LogP contribution is 2.30. The maximum absolute atomic E-state index is 11.7. The molecule has 6 nitrogen and oxygen atoms in total. The largest absolute Gasteiger partial charge is 0.547 e. The number of carboxylic acids is 1. The van der Waals surface area contributed by atoms with E-state index in [1.807, 2.05) is 0 Å². The van der Waals surface area contributed by atoms with E-state index in [1.54, 1.807) is 26.0 Å². The Kier molecular flexibility index (Phi) is 3.99. The predicted octanol–water partition coefficient (Wildman–Crippen LogP) is 0.480. The summed E-state index contributed by atoms with van der Waals surface area (Å²) in [5, 5.41) is 21.7. The van der Waals surface area contributed by atoms with Crippen LogP contribution in [0.25, 0.3) is 0 Å². The second kappa shape index (κ2) is 5.54. The maximum atomic E-state index is 11.7. The van der Waals surface area contributed by atoms with Crippen molar-refractivity contribution >= 4 is 19.0 Å². The molecule has 1 aliphatic rings. The molecule has 1 aromatic carbocycles. The number of nitrogens with one attached hydrogen (secondary N) is 1. The first-order chi connectivity index (χ1) is 9.40. The van der Waals surface area contributed by atoms with Gasteiger partial charge in [0.2, 0.25) is 5.91 Å². The lowest BCUT2D eigenvalue weighted by atomic mass is 9.72. The molecule has 1 amide bonds. The van der Waals surface area contributed by atoms with Gasteiger partial charge in [-0.15, -0.1) is 0 Å². The van der Waals surface area contributed by atoms with Gasteiger partial charge in [0.05, 0.1) is 11.5 Å². The highest BCUT2D eigenvalue weighted by atomic mass is 16.5. The molecule has 0 aliphatic carbocycles. The van der Waals surface area contributed by atoms with Crippen molar-refractivity contribution in [2.24, 2.45) is 5.92 Å². The molecule has 1 aromatic rings.